The van der Waals surface area contributed by atoms with Crippen LogP contribution in [0.2, 0.25) is 5.02 Å². The Labute approximate surface area is 110 Å². The third-order valence-electron chi connectivity index (χ3n) is 2.30. The van der Waals surface area contributed by atoms with E-state index in [1.165, 1.54) is 0 Å². The average Bonchev–Trinajstić information content (AvgIpc) is 2.39. The molecular weight excluding hydrogens is 248 g/mol. The van der Waals surface area contributed by atoms with E-state index < -0.39 is 0 Å². The first-order chi connectivity index (χ1) is 8.65. The molecule has 1 rings (SSSR count). The molecule has 0 aliphatic heterocycles. The molecule has 0 fully saturated rings. The number of nitrogens with one attached hydrogen (secondary N) is 1. The second-order valence-corrected chi connectivity index (χ2v) is 3.80. The van der Waals surface area contributed by atoms with Crippen LogP contribution in [0.25, 0.3) is 0 Å². The third-order valence-corrected chi connectivity index (χ3v) is 2.53. The zero-order chi connectivity index (χ0) is 13.5. The summed E-state index contributed by atoms with van der Waals surface area (Å²) in [6, 6.07) is 10.4. The second kappa shape index (κ2) is 6.30. The molecule has 18 heavy (non-hydrogen) atoms. The van der Waals surface area contributed by atoms with E-state index in [4.69, 9.17) is 27.4 Å². The first kappa shape index (κ1) is 13.6. The van der Waals surface area contributed by atoms with E-state index in [1.807, 2.05) is 13.0 Å². The van der Waals surface area contributed by atoms with Crippen molar-refractivity contribution in [2.45, 2.75) is 13.3 Å². The number of benzene rings is 1. The summed E-state index contributed by atoms with van der Waals surface area (Å²) in [6.45, 7) is 1.96. The van der Waals surface area contributed by atoms with Gasteiger partial charge in [-0.15, -0.1) is 0 Å². The van der Waals surface area contributed by atoms with E-state index in [-0.39, 0.29) is 11.3 Å². The molecule has 0 aliphatic rings. The zero-order valence-electron chi connectivity index (χ0n) is 9.66. The zero-order valence-corrected chi connectivity index (χ0v) is 10.4. The van der Waals surface area contributed by atoms with Gasteiger partial charge in [0.15, 0.2) is 5.57 Å². The Hall–Kier alpha value is -2.48. The number of aryl methyl sites for hydroxylation is 1. The van der Waals surface area contributed by atoms with Crippen molar-refractivity contribution in [2.75, 3.05) is 5.32 Å². The number of rotatable bonds is 3. The minimum atomic E-state index is -0.250. The molecule has 5 heteroatoms. The van der Waals surface area contributed by atoms with Crippen LogP contribution < -0.4 is 5.32 Å². The van der Waals surface area contributed by atoms with Gasteiger partial charge in [0.2, 0.25) is 0 Å². The van der Waals surface area contributed by atoms with Crippen LogP contribution in [0, 0.1) is 34.0 Å². The van der Waals surface area contributed by atoms with Crippen molar-refractivity contribution < 1.29 is 0 Å². The van der Waals surface area contributed by atoms with Crippen molar-refractivity contribution in [1.29, 1.82) is 15.8 Å². The van der Waals surface area contributed by atoms with Gasteiger partial charge >= 0.3 is 0 Å². The van der Waals surface area contributed by atoms with Crippen LogP contribution in [-0.2, 0) is 6.42 Å². The predicted molar refractivity (Wildman–Crippen MR) is 68.3 cm³/mol. The highest BCUT2D eigenvalue weighted by Gasteiger charge is 2.08. The number of hydrogen-bond acceptors (Lipinski definition) is 4. The van der Waals surface area contributed by atoms with Crippen LogP contribution in [-0.4, -0.2) is 0 Å². The summed E-state index contributed by atoms with van der Waals surface area (Å²) in [5, 5.41) is 29.7. The highest BCUT2D eigenvalue weighted by atomic mass is 35.5. The van der Waals surface area contributed by atoms with E-state index in [9.17, 15) is 0 Å². The number of nitriles is 3. The predicted octanol–water partition coefficient (Wildman–Crippen LogP) is 3.14. The number of allylic oxidation sites excluding steroid dienone is 2. The lowest BCUT2D eigenvalue weighted by atomic mass is 10.1. The van der Waals surface area contributed by atoms with E-state index >= 15 is 0 Å². The van der Waals surface area contributed by atoms with Crippen LogP contribution in [0.5, 0.6) is 0 Å². The molecule has 0 aliphatic carbocycles. The van der Waals surface area contributed by atoms with Crippen LogP contribution >= 0.6 is 11.6 Å². The van der Waals surface area contributed by atoms with Gasteiger partial charge in [-0.05, 0) is 24.1 Å². The average molecular weight is 257 g/mol. The van der Waals surface area contributed by atoms with Crippen LogP contribution in [0.15, 0.2) is 29.5 Å². The van der Waals surface area contributed by atoms with Crippen LogP contribution in [0.1, 0.15) is 12.5 Å². The van der Waals surface area contributed by atoms with E-state index in [0.717, 1.165) is 12.0 Å². The van der Waals surface area contributed by atoms with E-state index in [1.54, 1.807) is 30.3 Å². The maximum atomic E-state index is 8.95. The molecule has 0 spiro atoms. The smallest absolute Gasteiger partial charge is 0.163 e. The third kappa shape index (κ3) is 3.01. The molecular formula is C13H9ClN4. The van der Waals surface area contributed by atoms with Crippen molar-refractivity contribution in [3.63, 3.8) is 0 Å². The van der Waals surface area contributed by atoms with Crippen molar-refractivity contribution >= 4 is 17.3 Å². The molecule has 0 saturated carbocycles. The minimum Gasteiger partial charge on any atom is -0.345 e. The molecule has 1 N–H and O–H groups in total. The van der Waals surface area contributed by atoms with Gasteiger partial charge in [-0.3, -0.25) is 0 Å². The first-order valence-electron chi connectivity index (χ1n) is 5.16. The van der Waals surface area contributed by atoms with Gasteiger partial charge < -0.3 is 5.32 Å². The topological polar surface area (TPSA) is 83.4 Å². The Morgan fingerprint density at radius 3 is 2.39 bits per heavy atom. The maximum absolute atomic E-state index is 8.95. The molecule has 1 aromatic carbocycles. The second-order valence-electron chi connectivity index (χ2n) is 3.37. The summed E-state index contributed by atoms with van der Waals surface area (Å²) in [6.07, 6.45) is 0.743. The molecule has 0 unspecified atom stereocenters. The molecule has 1 aromatic rings. The summed E-state index contributed by atoms with van der Waals surface area (Å²) in [4.78, 5) is 0. The highest BCUT2D eigenvalue weighted by Crippen LogP contribution is 2.23. The molecule has 0 heterocycles. The van der Waals surface area contributed by atoms with Gasteiger partial charge in [0.05, 0.1) is 0 Å². The number of hydrogen-bond donors (Lipinski definition) is 1. The standard InChI is InChI=1S/C13H9ClN4/c1-2-9-3-4-11(14)5-12(9)18-13(8-17)10(6-15)7-16/h3-5,18H,2H2,1H3. The lowest BCUT2D eigenvalue weighted by Crippen LogP contribution is -2.03. The van der Waals surface area contributed by atoms with Crippen molar-refractivity contribution in [1.82, 2.24) is 0 Å². The molecule has 88 valence electrons. The Bertz CT molecular complexity index is 595. The Balaban J connectivity index is 3.24. The van der Waals surface area contributed by atoms with Gasteiger partial charge in [0.25, 0.3) is 0 Å². The fraction of sp³-hybridized carbons (Fsp3) is 0.154. The molecule has 4 nitrogen and oxygen atoms in total. The number of nitrogens with zero attached hydrogens (tertiary/aromatic N) is 3. The maximum Gasteiger partial charge on any atom is 0.163 e. The van der Waals surface area contributed by atoms with E-state index in [2.05, 4.69) is 5.32 Å². The van der Waals surface area contributed by atoms with Crippen molar-refractivity contribution in [2.24, 2.45) is 0 Å². The van der Waals surface area contributed by atoms with E-state index in [0.29, 0.717) is 10.7 Å². The van der Waals surface area contributed by atoms with Gasteiger partial charge in [0.1, 0.15) is 23.9 Å². The van der Waals surface area contributed by atoms with Gasteiger partial charge in [-0.25, -0.2) is 0 Å². The summed E-state index contributed by atoms with van der Waals surface area (Å²) in [7, 11) is 0. The quantitative estimate of drug-likeness (QED) is 0.842. The molecule has 0 saturated heterocycles. The SMILES string of the molecule is CCc1ccc(Cl)cc1NC(C#N)=C(C#N)C#N. The highest BCUT2D eigenvalue weighted by molar-refractivity contribution is 6.30. The van der Waals surface area contributed by atoms with Crippen LogP contribution in [0.4, 0.5) is 5.69 Å². The molecule has 0 radical (unpaired) electrons. The van der Waals surface area contributed by atoms with Gasteiger partial charge in [-0.1, -0.05) is 24.6 Å². The Morgan fingerprint density at radius 2 is 1.89 bits per heavy atom. The number of halogens is 1. The lowest BCUT2D eigenvalue weighted by molar-refractivity contribution is 1.14. The van der Waals surface area contributed by atoms with Gasteiger partial charge in [0, 0.05) is 10.7 Å². The first-order valence-corrected chi connectivity index (χ1v) is 5.54. The van der Waals surface area contributed by atoms with Crippen LogP contribution in [0.3, 0.4) is 0 Å². The minimum absolute atomic E-state index is 0.0723. The summed E-state index contributed by atoms with van der Waals surface area (Å²) in [5.41, 5.74) is 1.25. The van der Waals surface area contributed by atoms with Gasteiger partial charge in [-0.2, -0.15) is 15.8 Å². The summed E-state index contributed by atoms with van der Waals surface area (Å²) < 4.78 is 0. The Morgan fingerprint density at radius 1 is 1.22 bits per heavy atom. The molecule has 0 bridgehead atoms. The fourth-order valence-corrected chi connectivity index (χ4v) is 1.56. The summed E-state index contributed by atoms with van der Waals surface area (Å²) >= 11 is 5.88. The van der Waals surface area contributed by atoms with Crippen molar-refractivity contribution in [3.05, 3.63) is 40.1 Å². The largest absolute Gasteiger partial charge is 0.345 e. The lowest BCUT2D eigenvalue weighted by Gasteiger charge is -2.10. The summed E-state index contributed by atoms with van der Waals surface area (Å²) in [5.74, 6) is 0. The number of anilines is 1. The molecule has 0 atom stereocenters. The Kier molecular flexibility index (Phi) is 4.76. The molecule has 0 amide bonds. The monoisotopic (exact) mass is 256 g/mol. The fourth-order valence-electron chi connectivity index (χ4n) is 1.39. The molecule has 0 aromatic heterocycles. The normalized spacial score (nSPS) is 8.61. The van der Waals surface area contributed by atoms with Crippen molar-refractivity contribution in [3.8, 4) is 18.2 Å².